The van der Waals surface area contributed by atoms with E-state index in [2.05, 4.69) is 26.0 Å². The first-order valence-electron chi connectivity index (χ1n) is 10.7. The first kappa shape index (κ1) is 19.3. The van der Waals surface area contributed by atoms with E-state index in [1.165, 1.54) is 0 Å². The monoisotopic (exact) mass is 406 g/mol. The first-order chi connectivity index (χ1) is 13.9. The van der Waals surface area contributed by atoms with E-state index < -0.39 is 5.92 Å². The molecule has 1 aromatic rings. The van der Waals surface area contributed by atoms with Gasteiger partial charge in [-0.2, -0.15) is 0 Å². The molecule has 5 rings (SSSR count). The third-order valence-electron chi connectivity index (χ3n) is 7.13. The van der Waals surface area contributed by atoms with Gasteiger partial charge in [-0.1, -0.05) is 0 Å². The molecular weight excluding hydrogens is 378 g/mol. The topological polar surface area (TPSA) is 82.2 Å². The van der Waals surface area contributed by atoms with Gasteiger partial charge in [-0.25, -0.2) is 23.8 Å². The molecule has 2 saturated heterocycles. The van der Waals surface area contributed by atoms with Gasteiger partial charge in [0, 0.05) is 49.7 Å². The van der Waals surface area contributed by atoms with Gasteiger partial charge in [-0.15, -0.1) is 0 Å². The summed E-state index contributed by atoms with van der Waals surface area (Å²) in [4.78, 5) is 21.8. The van der Waals surface area contributed by atoms with Gasteiger partial charge < -0.3 is 5.32 Å². The molecule has 0 spiro atoms. The van der Waals surface area contributed by atoms with E-state index in [1.807, 2.05) is 24.3 Å². The molecule has 2 saturated carbocycles. The number of aromatic nitrogens is 2. The molecule has 1 amide bonds. The molecule has 3 unspecified atom stereocenters. The molecule has 9 heteroatoms. The molecule has 5 atom stereocenters. The zero-order valence-electron chi connectivity index (χ0n) is 16.6. The van der Waals surface area contributed by atoms with E-state index in [-0.39, 0.29) is 54.9 Å². The van der Waals surface area contributed by atoms with E-state index in [4.69, 9.17) is 0 Å². The fourth-order valence-corrected chi connectivity index (χ4v) is 5.26. The van der Waals surface area contributed by atoms with Gasteiger partial charge in [0.1, 0.15) is 5.82 Å². The third-order valence-corrected chi connectivity index (χ3v) is 7.13. The highest BCUT2D eigenvalue weighted by Crippen LogP contribution is 2.44. The molecule has 4 aliphatic rings. The van der Waals surface area contributed by atoms with Crippen LogP contribution >= 0.6 is 0 Å². The molecule has 0 bridgehead atoms. The summed E-state index contributed by atoms with van der Waals surface area (Å²) in [5.74, 6) is -1.43. The smallest absolute Gasteiger partial charge is 0.248 e. The average Bonchev–Trinajstić information content (AvgIpc) is 3.07. The molecule has 3 N–H and O–H groups in total. The Morgan fingerprint density at radius 2 is 1.83 bits per heavy atom. The Morgan fingerprint density at radius 3 is 2.48 bits per heavy atom. The summed E-state index contributed by atoms with van der Waals surface area (Å²) in [5.41, 5.74) is 4.34. The number of amides is 1. The highest BCUT2D eigenvalue weighted by molar-refractivity contribution is 5.81. The molecule has 1 aromatic heterocycles. The van der Waals surface area contributed by atoms with Gasteiger partial charge >= 0.3 is 0 Å². The lowest BCUT2D eigenvalue weighted by Crippen LogP contribution is -2.68. The number of aryl methyl sites for hydroxylation is 1. The molecule has 29 heavy (non-hydrogen) atoms. The Hall–Kier alpha value is -1.71. The number of halogens is 2. The first-order valence-corrected chi connectivity index (χ1v) is 10.7. The lowest BCUT2D eigenvalue weighted by molar-refractivity contribution is -0.133. The summed E-state index contributed by atoms with van der Waals surface area (Å²) in [7, 11) is 0. The van der Waals surface area contributed by atoms with Crippen LogP contribution in [0.5, 0.6) is 0 Å². The number of alkyl halides is 2. The quantitative estimate of drug-likeness (QED) is 0.708. The van der Waals surface area contributed by atoms with Gasteiger partial charge in [-0.05, 0) is 38.2 Å². The molecule has 2 aliphatic carbocycles. The highest BCUT2D eigenvalue weighted by Gasteiger charge is 2.51. The largest absolute Gasteiger partial charge is 0.340 e. The Morgan fingerprint density at radius 1 is 1.10 bits per heavy atom. The maximum atomic E-state index is 13.6. The van der Waals surface area contributed by atoms with Crippen LogP contribution in [0.2, 0.25) is 0 Å². The van der Waals surface area contributed by atoms with E-state index in [9.17, 15) is 13.6 Å². The van der Waals surface area contributed by atoms with Crippen LogP contribution in [0.25, 0.3) is 0 Å². The van der Waals surface area contributed by atoms with E-state index in [1.54, 1.807) is 0 Å². The minimum atomic E-state index is -2.55. The Labute approximate surface area is 169 Å². The number of hydrazine groups is 1. The molecule has 4 fully saturated rings. The maximum absolute atomic E-state index is 13.6. The molecule has 0 radical (unpaired) electrons. The number of rotatable bonds is 3. The van der Waals surface area contributed by atoms with Crippen LogP contribution in [0, 0.1) is 18.8 Å². The minimum Gasteiger partial charge on any atom is -0.340 e. The van der Waals surface area contributed by atoms with Gasteiger partial charge in [-0.3, -0.25) is 15.5 Å². The number of fused-ring (bicyclic) bond motifs is 1. The van der Waals surface area contributed by atoms with Crippen molar-refractivity contribution in [3.8, 4) is 0 Å². The van der Waals surface area contributed by atoms with Crippen molar-refractivity contribution in [1.82, 2.24) is 31.0 Å². The van der Waals surface area contributed by atoms with Crippen LogP contribution in [0.1, 0.15) is 55.8 Å². The SMILES string of the molecule is Cc1cnc([C@H]2CC[C@@H]2C2NC(=O)C3CNN(C4CCC(F)(F)CC4)C3N2)nc1. The summed E-state index contributed by atoms with van der Waals surface area (Å²) in [6.07, 6.45) is 6.09. The van der Waals surface area contributed by atoms with Crippen molar-refractivity contribution in [1.29, 1.82) is 0 Å². The van der Waals surface area contributed by atoms with Crippen molar-refractivity contribution in [2.24, 2.45) is 11.8 Å². The highest BCUT2D eigenvalue weighted by atomic mass is 19.3. The van der Waals surface area contributed by atoms with Crippen LogP contribution < -0.4 is 16.1 Å². The molecule has 3 heterocycles. The van der Waals surface area contributed by atoms with Gasteiger partial charge in [0.15, 0.2) is 0 Å². The zero-order valence-corrected chi connectivity index (χ0v) is 16.6. The average molecular weight is 406 g/mol. The van der Waals surface area contributed by atoms with E-state index in [0.29, 0.717) is 19.4 Å². The number of carbonyl (C=O) groups excluding carboxylic acids is 1. The Balaban J connectivity index is 1.29. The zero-order chi connectivity index (χ0) is 20.2. The van der Waals surface area contributed by atoms with E-state index in [0.717, 1.165) is 24.2 Å². The van der Waals surface area contributed by atoms with Crippen molar-refractivity contribution in [3.05, 3.63) is 23.8 Å². The predicted octanol–water partition coefficient (Wildman–Crippen LogP) is 1.66. The van der Waals surface area contributed by atoms with Crippen molar-refractivity contribution >= 4 is 5.91 Å². The molecule has 2 aliphatic heterocycles. The molecule has 158 valence electrons. The number of hydrogen-bond acceptors (Lipinski definition) is 6. The number of hydrogen-bond donors (Lipinski definition) is 3. The minimum absolute atomic E-state index is 0.0290. The van der Waals surface area contributed by atoms with Crippen LogP contribution in [0.4, 0.5) is 8.78 Å². The predicted molar refractivity (Wildman–Crippen MR) is 102 cm³/mol. The van der Waals surface area contributed by atoms with E-state index >= 15 is 0 Å². The van der Waals surface area contributed by atoms with Gasteiger partial charge in [0.05, 0.1) is 18.2 Å². The number of nitrogens with one attached hydrogen (secondary N) is 3. The normalized spacial score (nSPS) is 37.6. The number of nitrogens with zero attached hydrogens (tertiary/aromatic N) is 3. The second-order valence-electron chi connectivity index (χ2n) is 9.03. The fourth-order valence-electron chi connectivity index (χ4n) is 5.26. The molecule has 7 nitrogen and oxygen atoms in total. The summed E-state index contributed by atoms with van der Waals surface area (Å²) in [6.45, 7) is 2.51. The third kappa shape index (κ3) is 3.53. The van der Waals surface area contributed by atoms with Crippen LogP contribution in [0.3, 0.4) is 0 Å². The summed E-state index contributed by atoms with van der Waals surface area (Å²) >= 11 is 0. The summed E-state index contributed by atoms with van der Waals surface area (Å²) < 4.78 is 27.2. The molecule has 0 aromatic carbocycles. The van der Waals surface area contributed by atoms with Crippen LogP contribution in [-0.4, -0.2) is 51.7 Å². The van der Waals surface area contributed by atoms with Gasteiger partial charge in [0.25, 0.3) is 0 Å². The van der Waals surface area contributed by atoms with Crippen LogP contribution in [-0.2, 0) is 4.79 Å². The maximum Gasteiger partial charge on any atom is 0.248 e. The van der Waals surface area contributed by atoms with Crippen molar-refractivity contribution in [3.63, 3.8) is 0 Å². The summed E-state index contributed by atoms with van der Waals surface area (Å²) in [5, 5.41) is 8.80. The lowest BCUT2D eigenvalue weighted by Gasteiger charge is -2.47. The van der Waals surface area contributed by atoms with Gasteiger partial charge in [0.2, 0.25) is 11.8 Å². The standard InChI is InChI=1S/C20H28F2N6O/c1-11-8-23-16(24-9-11)13-2-3-14(13)17-26-18-15(19(29)27-17)10-25-28(18)12-4-6-20(21,22)7-5-12/h8-9,12-15,17-18,25-26H,2-7,10H2,1H3,(H,27,29)/t13-,14-,15?,17?,18?/m0/s1. The second-order valence-corrected chi connectivity index (χ2v) is 9.03. The van der Waals surface area contributed by atoms with Crippen molar-refractivity contribution < 1.29 is 13.6 Å². The Bertz CT molecular complexity index is 765. The molecular formula is C20H28F2N6O. The lowest BCUT2D eigenvalue weighted by atomic mass is 9.70. The van der Waals surface area contributed by atoms with Crippen LogP contribution in [0.15, 0.2) is 12.4 Å². The van der Waals surface area contributed by atoms with Crippen molar-refractivity contribution in [2.75, 3.05) is 6.54 Å². The second kappa shape index (κ2) is 7.21. The van der Waals surface area contributed by atoms with Crippen molar-refractivity contribution in [2.45, 2.75) is 75.7 Å². The summed E-state index contributed by atoms with van der Waals surface area (Å²) in [6, 6.07) is 0.0290. The fraction of sp³-hybridized carbons (Fsp3) is 0.750. The number of carbonyl (C=O) groups is 1. The Kier molecular flexibility index (Phi) is 4.79.